The number of likely N-dealkylation sites (tertiary alicyclic amines) is 1. The Kier molecular flexibility index (Phi) is 6.66. The van der Waals surface area contributed by atoms with Gasteiger partial charge in [0.25, 0.3) is 5.91 Å². The van der Waals surface area contributed by atoms with Crippen molar-refractivity contribution in [2.24, 2.45) is 0 Å². The number of nitrogens with zero attached hydrogens (tertiary/aromatic N) is 3. The van der Waals surface area contributed by atoms with Crippen LogP contribution >= 0.6 is 23.4 Å². The fourth-order valence-corrected chi connectivity index (χ4v) is 6.06. The van der Waals surface area contributed by atoms with Gasteiger partial charge in [-0.2, -0.15) is 11.8 Å². The van der Waals surface area contributed by atoms with Crippen molar-refractivity contribution in [3.8, 4) is 0 Å². The van der Waals surface area contributed by atoms with E-state index in [2.05, 4.69) is 15.2 Å². The SMILES string of the molecule is O=C(c1cnc(NCC2(N3CCOCC3)CCSC2)c(Cl)c1)N1CCCCC1. The van der Waals surface area contributed by atoms with E-state index < -0.39 is 0 Å². The maximum atomic E-state index is 12.7. The Morgan fingerprint density at radius 2 is 2.04 bits per heavy atom. The molecule has 0 saturated carbocycles. The first-order valence-corrected chi connectivity index (χ1v) is 11.8. The highest BCUT2D eigenvalue weighted by Crippen LogP contribution is 2.35. The average Bonchev–Trinajstić information content (AvgIpc) is 3.24. The van der Waals surface area contributed by atoms with Gasteiger partial charge in [0.05, 0.1) is 23.8 Å². The second kappa shape index (κ2) is 9.20. The zero-order valence-electron chi connectivity index (χ0n) is 16.3. The van der Waals surface area contributed by atoms with E-state index in [1.54, 1.807) is 12.3 Å². The number of amides is 1. The Hall–Kier alpha value is -1.02. The fourth-order valence-electron chi connectivity index (χ4n) is 4.35. The molecule has 1 aromatic rings. The fraction of sp³-hybridized carbons (Fsp3) is 0.700. The molecule has 0 aromatic carbocycles. The minimum Gasteiger partial charge on any atom is -0.379 e. The summed E-state index contributed by atoms with van der Waals surface area (Å²) >= 11 is 8.50. The van der Waals surface area contributed by atoms with Crippen LogP contribution in [0.1, 0.15) is 36.0 Å². The smallest absolute Gasteiger partial charge is 0.255 e. The van der Waals surface area contributed by atoms with Crippen molar-refractivity contribution >= 4 is 35.1 Å². The minimum atomic E-state index is 0.0395. The summed E-state index contributed by atoms with van der Waals surface area (Å²) in [5.74, 6) is 3.01. The van der Waals surface area contributed by atoms with E-state index in [0.717, 1.165) is 71.0 Å². The molecular formula is C20H29ClN4O2S. The van der Waals surface area contributed by atoms with Crippen LogP contribution in [0.4, 0.5) is 5.82 Å². The zero-order chi connectivity index (χ0) is 19.4. The summed E-state index contributed by atoms with van der Waals surface area (Å²) in [6, 6.07) is 1.76. The van der Waals surface area contributed by atoms with E-state index in [1.807, 2.05) is 16.7 Å². The summed E-state index contributed by atoms with van der Waals surface area (Å²) in [5, 5.41) is 3.99. The van der Waals surface area contributed by atoms with Crippen LogP contribution in [-0.2, 0) is 4.74 Å². The van der Waals surface area contributed by atoms with Crippen LogP contribution in [0.25, 0.3) is 0 Å². The van der Waals surface area contributed by atoms with E-state index >= 15 is 0 Å². The molecule has 1 amide bonds. The highest BCUT2D eigenvalue weighted by atomic mass is 35.5. The lowest BCUT2D eigenvalue weighted by molar-refractivity contribution is -0.00922. The number of piperidine rings is 1. The molecule has 1 aromatic heterocycles. The summed E-state index contributed by atoms with van der Waals surface area (Å²) in [4.78, 5) is 21.6. The van der Waals surface area contributed by atoms with Gasteiger partial charge in [0.1, 0.15) is 5.82 Å². The second-order valence-electron chi connectivity index (χ2n) is 7.89. The number of morpholine rings is 1. The van der Waals surface area contributed by atoms with E-state index in [9.17, 15) is 4.79 Å². The van der Waals surface area contributed by atoms with Gasteiger partial charge in [0.15, 0.2) is 0 Å². The molecule has 4 rings (SSSR count). The van der Waals surface area contributed by atoms with Gasteiger partial charge in [-0.15, -0.1) is 0 Å². The number of nitrogens with one attached hydrogen (secondary N) is 1. The molecule has 0 spiro atoms. The summed E-state index contributed by atoms with van der Waals surface area (Å²) in [7, 11) is 0. The molecule has 3 aliphatic heterocycles. The van der Waals surface area contributed by atoms with Crippen molar-refractivity contribution in [1.82, 2.24) is 14.8 Å². The van der Waals surface area contributed by atoms with Crippen molar-refractivity contribution in [3.63, 3.8) is 0 Å². The predicted octanol–water partition coefficient (Wildman–Crippen LogP) is 2.98. The summed E-state index contributed by atoms with van der Waals surface area (Å²) in [5.41, 5.74) is 0.707. The van der Waals surface area contributed by atoms with Crippen molar-refractivity contribution in [2.45, 2.75) is 31.2 Å². The zero-order valence-corrected chi connectivity index (χ0v) is 17.9. The normalized spacial score (nSPS) is 26.4. The lowest BCUT2D eigenvalue weighted by Crippen LogP contribution is -2.57. The van der Waals surface area contributed by atoms with Crippen LogP contribution in [0.2, 0.25) is 5.02 Å². The quantitative estimate of drug-likeness (QED) is 0.784. The van der Waals surface area contributed by atoms with Crippen molar-refractivity contribution in [3.05, 3.63) is 22.8 Å². The number of pyridine rings is 1. The molecule has 8 heteroatoms. The number of hydrogen-bond acceptors (Lipinski definition) is 6. The van der Waals surface area contributed by atoms with Crippen LogP contribution in [0, 0.1) is 0 Å². The van der Waals surface area contributed by atoms with Gasteiger partial charge in [-0.05, 0) is 37.5 Å². The van der Waals surface area contributed by atoms with Gasteiger partial charge in [0.2, 0.25) is 0 Å². The first-order valence-electron chi connectivity index (χ1n) is 10.3. The van der Waals surface area contributed by atoms with Crippen LogP contribution in [-0.4, -0.2) is 83.7 Å². The lowest BCUT2D eigenvalue weighted by atomic mass is 9.95. The number of carbonyl (C=O) groups excluding carboxylic acids is 1. The van der Waals surface area contributed by atoms with Crippen LogP contribution < -0.4 is 5.32 Å². The molecule has 3 aliphatic rings. The Balaban J connectivity index is 1.42. The minimum absolute atomic E-state index is 0.0395. The standard InChI is InChI=1S/C20H29ClN4O2S/c21-17-12-16(19(26)24-5-2-1-3-6-24)13-22-18(17)23-14-20(4-11-28-15-20)25-7-9-27-10-8-25/h12-13H,1-11,14-15H2,(H,22,23). The molecule has 1 unspecified atom stereocenters. The first kappa shape index (κ1) is 20.3. The molecule has 3 saturated heterocycles. The monoisotopic (exact) mass is 424 g/mol. The lowest BCUT2D eigenvalue weighted by Gasteiger charge is -2.43. The molecule has 28 heavy (non-hydrogen) atoms. The van der Waals surface area contributed by atoms with Crippen molar-refractivity contribution in [2.75, 3.05) is 62.8 Å². The molecular weight excluding hydrogens is 396 g/mol. The molecule has 4 heterocycles. The number of carbonyl (C=O) groups is 1. The largest absolute Gasteiger partial charge is 0.379 e. The van der Waals surface area contributed by atoms with E-state index in [4.69, 9.17) is 16.3 Å². The van der Waals surface area contributed by atoms with Crippen LogP contribution in [0.5, 0.6) is 0 Å². The van der Waals surface area contributed by atoms with Gasteiger partial charge in [0, 0.05) is 50.2 Å². The summed E-state index contributed by atoms with van der Waals surface area (Å²) in [6.07, 6.45) is 6.18. The van der Waals surface area contributed by atoms with Crippen LogP contribution in [0.15, 0.2) is 12.3 Å². The number of halogens is 1. The van der Waals surface area contributed by atoms with Gasteiger partial charge in [-0.3, -0.25) is 9.69 Å². The van der Waals surface area contributed by atoms with Gasteiger partial charge in [-0.1, -0.05) is 11.6 Å². The number of thioether (sulfide) groups is 1. The molecule has 3 fully saturated rings. The third-order valence-electron chi connectivity index (χ3n) is 6.08. The van der Waals surface area contributed by atoms with E-state index in [1.165, 1.54) is 12.2 Å². The number of hydrogen-bond donors (Lipinski definition) is 1. The summed E-state index contributed by atoms with van der Waals surface area (Å²) < 4.78 is 5.53. The van der Waals surface area contributed by atoms with Gasteiger partial charge >= 0.3 is 0 Å². The molecule has 0 bridgehead atoms. The molecule has 0 radical (unpaired) electrons. The van der Waals surface area contributed by atoms with Crippen LogP contribution in [0.3, 0.4) is 0 Å². The Morgan fingerprint density at radius 1 is 1.25 bits per heavy atom. The Morgan fingerprint density at radius 3 is 2.71 bits per heavy atom. The highest BCUT2D eigenvalue weighted by Gasteiger charge is 2.40. The third kappa shape index (κ3) is 4.42. The van der Waals surface area contributed by atoms with Crippen molar-refractivity contribution in [1.29, 1.82) is 0 Å². The topological polar surface area (TPSA) is 57.7 Å². The Labute approximate surface area is 176 Å². The number of ether oxygens (including phenoxy) is 1. The molecule has 6 nitrogen and oxygen atoms in total. The van der Waals surface area contributed by atoms with Crippen molar-refractivity contribution < 1.29 is 9.53 Å². The predicted molar refractivity (Wildman–Crippen MR) is 115 cm³/mol. The average molecular weight is 425 g/mol. The highest BCUT2D eigenvalue weighted by molar-refractivity contribution is 7.99. The first-order chi connectivity index (χ1) is 13.7. The summed E-state index contributed by atoms with van der Waals surface area (Å²) in [6.45, 7) is 6.04. The third-order valence-corrected chi connectivity index (χ3v) is 7.60. The maximum absolute atomic E-state index is 12.7. The maximum Gasteiger partial charge on any atom is 0.255 e. The Bertz CT molecular complexity index is 687. The molecule has 154 valence electrons. The van der Waals surface area contributed by atoms with Gasteiger partial charge in [-0.25, -0.2) is 4.98 Å². The second-order valence-corrected chi connectivity index (χ2v) is 9.40. The number of aromatic nitrogens is 1. The molecule has 1 N–H and O–H groups in total. The van der Waals surface area contributed by atoms with E-state index in [-0.39, 0.29) is 11.4 Å². The van der Waals surface area contributed by atoms with E-state index in [0.29, 0.717) is 16.4 Å². The van der Waals surface area contributed by atoms with Gasteiger partial charge < -0.3 is 15.0 Å². The molecule has 1 atom stereocenters. The number of rotatable bonds is 5. The number of anilines is 1. The molecule has 0 aliphatic carbocycles.